The van der Waals surface area contributed by atoms with Gasteiger partial charge in [-0.25, -0.2) is 8.42 Å². The lowest BCUT2D eigenvalue weighted by Gasteiger charge is -2.51. The maximum Gasteiger partial charge on any atom is 0.251 e. The third-order valence-electron chi connectivity index (χ3n) is 9.98. The van der Waals surface area contributed by atoms with Gasteiger partial charge in [-0.1, -0.05) is 23.7 Å². The molecule has 250 valence electrons. The van der Waals surface area contributed by atoms with Crippen LogP contribution in [0.3, 0.4) is 0 Å². The zero-order valence-corrected chi connectivity index (χ0v) is 28.1. The van der Waals surface area contributed by atoms with Gasteiger partial charge in [0.25, 0.3) is 5.91 Å². The van der Waals surface area contributed by atoms with Gasteiger partial charge in [-0.2, -0.15) is 4.31 Å². The first-order valence-electron chi connectivity index (χ1n) is 16.5. The number of amides is 2. The summed E-state index contributed by atoms with van der Waals surface area (Å²) < 4.78 is 34.3. The first-order valence-corrected chi connectivity index (χ1v) is 18.3. The fourth-order valence-corrected chi connectivity index (χ4v) is 9.41. The number of pyridine rings is 1. The third kappa shape index (κ3) is 7.58. The average Bonchev–Trinajstić information content (AvgIpc) is 3.99. The van der Waals surface area contributed by atoms with Crippen LogP contribution in [0, 0.1) is 6.92 Å². The molecule has 2 saturated carbocycles. The quantitative estimate of drug-likeness (QED) is 0.323. The normalized spacial score (nSPS) is 21.0. The number of benzene rings is 1. The molecule has 2 saturated heterocycles. The summed E-state index contributed by atoms with van der Waals surface area (Å²) in [4.78, 5) is 37.3. The van der Waals surface area contributed by atoms with Gasteiger partial charge in [0.1, 0.15) is 11.5 Å². The van der Waals surface area contributed by atoms with E-state index >= 15 is 0 Å². The second-order valence-corrected chi connectivity index (χ2v) is 15.3. The lowest BCUT2D eigenvalue weighted by molar-refractivity contribution is -0.139. The van der Waals surface area contributed by atoms with E-state index < -0.39 is 10.0 Å². The highest BCUT2D eigenvalue weighted by atomic mass is 35.5. The number of piperazine rings is 1. The van der Waals surface area contributed by atoms with Crippen molar-refractivity contribution in [3.05, 3.63) is 58.9 Å². The Labute approximate surface area is 277 Å². The van der Waals surface area contributed by atoms with Gasteiger partial charge in [0, 0.05) is 87.9 Å². The summed E-state index contributed by atoms with van der Waals surface area (Å²) >= 11 is 6.31. The Hall–Kier alpha value is -2.61. The van der Waals surface area contributed by atoms with Crippen LogP contribution >= 0.6 is 11.6 Å². The fraction of sp³-hybridized carbons (Fsp3) is 0.606. The molecule has 4 aliphatic rings. The molecule has 1 aromatic carbocycles. The topological polar surface area (TPSA) is 115 Å². The summed E-state index contributed by atoms with van der Waals surface area (Å²) in [5.41, 5.74) is 0.965. The van der Waals surface area contributed by atoms with Crippen LogP contribution in [0.5, 0.6) is 0 Å². The van der Waals surface area contributed by atoms with Crippen LogP contribution in [-0.4, -0.2) is 127 Å². The largest absolute Gasteiger partial charge is 0.370 e. The number of halogens is 1. The van der Waals surface area contributed by atoms with Crippen molar-refractivity contribution in [3.63, 3.8) is 0 Å². The van der Waals surface area contributed by atoms with Gasteiger partial charge >= 0.3 is 0 Å². The second-order valence-electron chi connectivity index (χ2n) is 13.1. The molecule has 0 radical (unpaired) electrons. The number of aromatic nitrogens is 1. The number of aryl methyl sites for hydroxylation is 1. The number of ether oxygens (including phenoxy) is 1. The van der Waals surface area contributed by atoms with Gasteiger partial charge in [0.05, 0.1) is 11.6 Å². The Morgan fingerprint density at radius 1 is 1.02 bits per heavy atom. The summed E-state index contributed by atoms with van der Waals surface area (Å²) in [6.45, 7) is 7.56. The van der Waals surface area contributed by atoms with E-state index in [1.807, 2.05) is 4.90 Å². The molecular formula is C33H45ClN6O5S. The van der Waals surface area contributed by atoms with Crippen molar-refractivity contribution in [1.82, 2.24) is 29.3 Å². The van der Waals surface area contributed by atoms with Crippen LogP contribution in [0.4, 0.5) is 0 Å². The first kappa shape index (κ1) is 33.3. The highest BCUT2D eigenvalue weighted by molar-refractivity contribution is 7.89. The van der Waals surface area contributed by atoms with Gasteiger partial charge in [-0.15, -0.1) is 0 Å². The zero-order valence-electron chi connectivity index (χ0n) is 26.6. The van der Waals surface area contributed by atoms with E-state index in [9.17, 15) is 18.0 Å². The molecule has 0 spiro atoms. The Kier molecular flexibility index (Phi) is 10.3. The van der Waals surface area contributed by atoms with Crippen LogP contribution in [-0.2, 0) is 19.6 Å². The van der Waals surface area contributed by atoms with Crippen molar-refractivity contribution in [1.29, 1.82) is 0 Å². The average molecular weight is 673 g/mol. The van der Waals surface area contributed by atoms with Gasteiger partial charge in [-0.3, -0.25) is 24.4 Å². The molecule has 13 heteroatoms. The van der Waals surface area contributed by atoms with E-state index in [1.165, 1.54) is 17.1 Å². The molecule has 3 heterocycles. The minimum Gasteiger partial charge on any atom is -0.370 e. The van der Waals surface area contributed by atoms with Crippen molar-refractivity contribution in [2.24, 2.45) is 0 Å². The summed E-state index contributed by atoms with van der Waals surface area (Å²) in [7, 11) is -3.79. The summed E-state index contributed by atoms with van der Waals surface area (Å²) in [5, 5.41) is 3.40. The van der Waals surface area contributed by atoms with Crippen molar-refractivity contribution in [2.45, 2.75) is 68.0 Å². The van der Waals surface area contributed by atoms with Gasteiger partial charge < -0.3 is 15.0 Å². The number of carbonyl (C=O) groups excluding carboxylic acids is 2. The minimum absolute atomic E-state index is 0.0691. The third-order valence-corrected chi connectivity index (χ3v) is 12.6. The van der Waals surface area contributed by atoms with E-state index in [2.05, 4.69) is 20.1 Å². The van der Waals surface area contributed by atoms with Crippen LogP contribution in [0.2, 0.25) is 5.02 Å². The number of sulfonamides is 1. The predicted molar refractivity (Wildman–Crippen MR) is 175 cm³/mol. The molecule has 0 unspecified atom stereocenters. The molecule has 2 aromatic rings. The summed E-state index contributed by atoms with van der Waals surface area (Å²) in [6, 6.07) is 9.18. The number of likely N-dealkylation sites (tertiary alicyclic amines) is 1. The number of nitrogens with zero attached hydrogens (tertiary/aromatic N) is 5. The van der Waals surface area contributed by atoms with Crippen LogP contribution < -0.4 is 5.32 Å². The molecule has 0 bridgehead atoms. The fourth-order valence-electron chi connectivity index (χ4n) is 6.96. The highest BCUT2D eigenvalue weighted by Crippen LogP contribution is 2.36. The van der Waals surface area contributed by atoms with Crippen LogP contribution in [0.15, 0.2) is 47.6 Å². The monoisotopic (exact) mass is 672 g/mol. The van der Waals surface area contributed by atoms with Crippen molar-refractivity contribution in [3.8, 4) is 0 Å². The molecule has 2 aliphatic heterocycles. The standard InChI is InChI=1S/C33H45ClN6O5S/c1-25-3-2-4-29(34)31(25)46(43,44)40(28-7-8-28)21-22-45-23-30(41)38-15-11-33(12-16-38,24-36-32(42)26-9-13-35-14-10-26)39-19-17-37(18-20-39)27-5-6-27/h2-4,9-10,13-14,27-28H,5-8,11-12,15-24H2,1H3,(H,36,42). The maximum atomic E-state index is 13.5. The van der Waals surface area contributed by atoms with E-state index in [-0.39, 0.29) is 53.1 Å². The van der Waals surface area contributed by atoms with Gasteiger partial charge in [0.15, 0.2) is 0 Å². The summed E-state index contributed by atoms with van der Waals surface area (Å²) in [6.07, 6.45) is 8.94. The molecular weight excluding hydrogens is 628 g/mol. The van der Waals surface area contributed by atoms with Gasteiger partial charge in [0.2, 0.25) is 15.9 Å². The molecule has 11 nitrogen and oxygen atoms in total. The molecule has 2 amide bonds. The number of hydrogen-bond acceptors (Lipinski definition) is 8. The molecule has 0 atom stereocenters. The number of piperidine rings is 1. The Balaban J connectivity index is 1.02. The number of carbonyl (C=O) groups is 2. The minimum atomic E-state index is -3.79. The second kappa shape index (κ2) is 14.2. The molecule has 6 rings (SSSR count). The number of nitrogens with one attached hydrogen (secondary N) is 1. The number of rotatable bonds is 13. The maximum absolute atomic E-state index is 13.5. The highest BCUT2D eigenvalue weighted by Gasteiger charge is 2.44. The van der Waals surface area contributed by atoms with E-state index in [4.69, 9.17) is 16.3 Å². The SMILES string of the molecule is Cc1cccc(Cl)c1S(=O)(=O)N(CCOCC(=O)N1CCC(CNC(=O)c2ccncc2)(N2CCN(C3CC3)CC2)CC1)C1CC1. The zero-order chi connectivity index (χ0) is 32.3. The molecule has 1 aromatic heterocycles. The van der Waals surface area contributed by atoms with Crippen LogP contribution in [0.25, 0.3) is 0 Å². The lowest BCUT2D eigenvalue weighted by atomic mass is 9.84. The van der Waals surface area contributed by atoms with E-state index in [0.29, 0.717) is 30.8 Å². The molecule has 46 heavy (non-hydrogen) atoms. The Morgan fingerprint density at radius 2 is 1.72 bits per heavy atom. The predicted octanol–water partition coefficient (Wildman–Crippen LogP) is 2.78. The van der Waals surface area contributed by atoms with Crippen LogP contribution in [0.1, 0.15) is 54.4 Å². The molecule has 2 aliphatic carbocycles. The van der Waals surface area contributed by atoms with Gasteiger partial charge in [-0.05, 0) is 69.2 Å². The lowest BCUT2D eigenvalue weighted by Crippen LogP contribution is -2.65. The van der Waals surface area contributed by atoms with Crippen molar-refractivity contribution in [2.75, 3.05) is 65.6 Å². The smallest absolute Gasteiger partial charge is 0.251 e. The summed E-state index contributed by atoms with van der Waals surface area (Å²) in [5.74, 6) is -0.215. The van der Waals surface area contributed by atoms with Crippen molar-refractivity contribution >= 4 is 33.4 Å². The van der Waals surface area contributed by atoms with E-state index in [1.54, 1.807) is 49.6 Å². The van der Waals surface area contributed by atoms with Crippen molar-refractivity contribution < 1.29 is 22.7 Å². The molecule has 4 fully saturated rings. The number of hydrogen-bond donors (Lipinski definition) is 1. The first-order chi connectivity index (χ1) is 22.2. The Morgan fingerprint density at radius 3 is 2.35 bits per heavy atom. The van der Waals surface area contributed by atoms with E-state index in [0.717, 1.165) is 57.9 Å². The Bertz CT molecular complexity index is 1470. The molecule has 1 N–H and O–H groups in total.